The normalized spacial score (nSPS) is 16.7. The highest BCUT2D eigenvalue weighted by Crippen LogP contribution is 2.37. The lowest BCUT2D eigenvalue weighted by Crippen LogP contribution is -2.33. The maximum absolute atomic E-state index is 13.5. The number of nitrogens with zero attached hydrogens (tertiary/aromatic N) is 2. The molecule has 5 rings (SSSR count). The molecule has 1 fully saturated rings. The first-order valence-electron chi connectivity index (χ1n) is 13.0. The summed E-state index contributed by atoms with van der Waals surface area (Å²) < 4.78 is 7.34. The van der Waals surface area contributed by atoms with Crippen LogP contribution in [0.15, 0.2) is 36.4 Å². The van der Waals surface area contributed by atoms with Gasteiger partial charge in [-0.1, -0.05) is 23.7 Å². The number of hydrogen-bond acceptors (Lipinski definition) is 5. The van der Waals surface area contributed by atoms with Crippen LogP contribution >= 0.6 is 11.6 Å². The van der Waals surface area contributed by atoms with E-state index in [0.29, 0.717) is 34.3 Å². The maximum Gasteiger partial charge on any atom is 0.419 e. The Morgan fingerprint density at radius 2 is 1.92 bits per heavy atom. The molecule has 0 aliphatic carbocycles. The lowest BCUT2D eigenvalue weighted by molar-refractivity contribution is 0.0547. The van der Waals surface area contributed by atoms with Gasteiger partial charge in [-0.05, 0) is 88.9 Å². The molecule has 0 saturated carbocycles. The predicted octanol–water partition coefficient (Wildman–Crippen LogP) is 5.58. The van der Waals surface area contributed by atoms with Crippen LogP contribution < -0.4 is 5.32 Å². The number of carbonyl (C=O) groups is 2. The van der Waals surface area contributed by atoms with Gasteiger partial charge in [-0.2, -0.15) is 0 Å². The minimum atomic E-state index is -0.674. The average Bonchev–Trinajstić information content (AvgIpc) is 3.41. The van der Waals surface area contributed by atoms with E-state index in [0.717, 1.165) is 55.4 Å². The van der Waals surface area contributed by atoms with Gasteiger partial charge in [0.05, 0.1) is 16.8 Å². The Morgan fingerprint density at radius 1 is 1.16 bits per heavy atom. The second kappa shape index (κ2) is 10.1. The van der Waals surface area contributed by atoms with E-state index in [1.807, 2.05) is 32.9 Å². The first kappa shape index (κ1) is 25.8. The average molecular weight is 524 g/mol. The first-order chi connectivity index (χ1) is 17.6. The molecule has 0 unspecified atom stereocenters. The number of nitrogens with one attached hydrogen (secondary N) is 1. The molecule has 2 N–H and O–H groups in total. The molecule has 1 saturated heterocycles. The Morgan fingerprint density at radius 3 is 2.62 bits per heavy atom. The maximum atomic E-state index is 13.5. The number of halogens is 1. The molecule has 3 aromatic rings. The van der Waals surface area contributed by atoms with Crippen LogP contribution in [0.3, 0.4) is 0 Å². The molecule has 1 aromatic heterocycles. The van der Waals surface area contributed by atoms with Crippen molar-refractivity contribution in [3.8, 4) is 11.3 Å². The van der Waals surface area contributed by atoms with Gasteiger partial charge < -0.3 is 15.2 Å². The number of benzene rings is 2. The quantitative estimate of drug-likeness (QED) is 0.456. The van der Waals surface area contributed by atoms with Crippen molar-refractivity contribution in [3.05, 3.63) is 58.1 Å². The number of aliphatic hydroxyl groups is 1. The summed E-state index contributed by atoms with van der Waals surface area (Å²) in [7, 11) is 0. The highest BCUT2D eigenvalue weighted by atomic mass is 35.5. The number of piperidine rings is 1. The summed E-state index contributed by atoms with van der Waals surface area (Å²) in [6.45, 7) is 9.00. The van der Waals surface area contributed by atoms with E-state index in [9.17, 15) is 14.7 Å². The Kier molecular flexibility index (Phi) is 7.05. The topological polar surface area (TPSA) is 83.8 Å². The summed E-state index contributed by atoms with van der Waals surface area (Å²) in [6.07, 6.45) is 2.60. The molecule has 0 radical (unpaired) electrons. The van der Waals surface area contributed by atoms with E-state index in [4.69, 9.17) is 16.3 Å². The Hall–Kier alpha value is -2.87. The summed E-state index contributed by atoms with van der Waals surface area (Å²) >= 11 is 6.39. The van der Waals surface area contributed by atoms with Gasteiger partial charge in [-0.3, -0.25) is 9.69 Å². The molecular weight excluding hydrogens is 490 g/mol. The lowest BCUT2D eigenvalue weighted by atomic mass is 9.93. The van der Waals surface area contributed by atoms with Crippen molar-refractivity contribution in [2.75, 3.05) is 19.7 Å². The molecule has 0 spiro atoms. The molecule has 0 atom stereocenters. The van der Waals surface area contributed by atoms with Crippen LogP contribution in [0.4, 0.5) is 4.79 Å². The van der Waals surface area contributed by atoms with Gasteiger partial charge in [0.25, 0.3) is 5.91 Å². The van der Waals surface area contributed by atoms with E-state index in [-0.39, 0.29) is 12.5 Å². The number of fused-ring (bicyclic) bond motifs is 2. The molecule has 1 amide bonds. The zero-order valence-corrected chi connectivity index (χ0v) is 22.4. The van der Waals surface area contributed by atoms with Crippen molar-refractivity contribution < 1.29 is 19.4 Å². The van der Waals surface area contributed by atoms with Crippen LogP contribution in [0.25, 0.3) is 22.2 Å². The third kappa shape index (κ3) is 5.26. The third-order valence-corrected chi connectivity index (χ3v) is 7.63. The zero-order chi connectivity index (χ0) is 26.3. The van der Waals surface area contributed by atoms with Crippen LogP contribution in [0.2, 0.25) is 5.02 Å². The van der Waals surface area contributed by atoms with Gasteiger partial charge in [0.1, 0.15) is 5.60 Å². The number of amides is 1. The molecule has 196 valence electrons. The largest absolute Gasteiger partial charge is 0.443 e. The summed E-state index contributed by atoms with van der Waals surface area (Å²) in [6, 6.07) is 11.7. The third-order valence-electron chi connectivity index (χ3n) is 7.28. The number of aromatic nitrogens is 1. The van der Waals surface area contributed by atoms with Crippen molar-refractivity contribution in [3.63, 3.8) is 0 Å². The molecule has 37 heavy (non-hydrogen) atoms. The van der Waals surface area contributed by atoms with Gasteiger partial charge in [0, 0.05) is 41.2 Å². The molecule has 2 aromatic carbocycles. The Labute approximate surface area is 222 Å². The van der Waals surface area contributed by atoms with E-state index < -0.39 is 11.7 Å². The van der Waals surface area contributed by atoms with Gasteiger partial charge in [-0.15, -0.1) is 0 Å². The zero-order valence-electron chi connectivity index (χ0n) is 21.6. The second-order valence-electron chi connectivity index (χ2n) is 11.1. The minimum absolute atomic E-state index is 0.196. The van der Waals surface area contributed by atoms with Crippen molar-refractivity contribution in [2.45, 2.75) is 58.7 Å². The number of ether oxygens (including phenoxy) is 1. The van der Waals surface area contributed by atoms with Crippen LogP contribution in [-0.4, -0.2) is 51.9 Å². The SMILES string of the molecule is CC(C)(C)OC(=O)n1c(-c2ccc(Cl)c3c2C(=O)NC3)cc2cc(CN3CCC(CCO)CC3)ccc21. The molecule has 2 aliphatic rings. The van der Waals surface area contributed by atoms with Crippen LogP contribution in [0, 0.1) is 5.92 Å². The van der Waals surface area contributed by atoms with Gasteiger partial charge in [0.15, 0.2) is 0 Å². The van der Waals surface area contributed by atoms with Crippen LogP contribution in [0.5, 0.6) is 0 Å². The molecule has 7 nitrogen and oxygen atoms in total. The van der Waals surface area contributed by atoms with Gasteiger partial charge in [0.2, 0.25) is 0 Å². The summed E-state index contributed by atoms with van der Waals surface area (Å²) in [5.74, 6) is 0.409. The fraction of sp³-hybridized carbons (Fsp3) is 0.448. The smallest absolute Gasteiger partial charge is 0.419 e. The van der Waals surface area contributed by atoms with Crippen LogP contribution in [-0.2, 0) is 17.8 Å². The molecule has 0 bridgehead atoms. The fourth-order valence-electron chi connectivity index (χ4n) is 5.46. The summed E-state index contributed by atoms with van der Waals surface area (Å²) in [5, 5.41) is 13.5. The highest BCUT2D eigenvalue weighted by Gasteiger charge is 2.30. The van der Waals surface area contributed by atoms with Crippen molar-refractivity contribution in [1.29, 1.82) is 0 Å². The Bertz CT molecular complexity index is 1350. The van der Waals surface area contributed by atoms with E-state index in [2.05, 4.69) is 22.3 Å². The lowest BCUT2D eigenvalue weighted by Gasteiger charge is -2.31. The van der Waals surface area contributed by atoms with Crippen molar-refractivity contribution >= 4 is 34.5 Å². The van der Waals surface area contributed by atoms with Gasteiger partial charge in [-0.25, -0.2) is 9.36 Å². The Balaban J connectivity index is 1.54. The highest BCUT2D eigenvalue weighted by molar-refractivity contribution is 6.32. The van der Waals surface area contributed by atoms with Crippen LogP contribution in [0.1, 0.15) is 61.5 Å². The molecular formula is C29H34ClN3O4. The number of carbonyl (C=O) groups excluding carboxylic acids is 2. The molecule has 3 heterocycles. The predicted molar refractivity (Wildman–Crippen MR) is 145 cm³/mol. The fourth-order valence-corrected chi connectivity index (χ4v) is 5.69. The number of hydrogen-bond donors (Lipinski definition) is 2. The van der Waals surface area contributed by atoms with Crippen molar-refractivity contribution in [2.24, 2.45) is 5.92 Å². The number of aliphatic hydroxyl groups excluding tert-OH is 1. The van der Waals surface area contributed by atoms with E-state index in [1.54, 1.807) is 16.7 Å². The monoisotopic (exact) mass is 523 g/mol. The molecule has 2 aliphatic heterocycles. The summed E-state index contributed by atoms with van der Waals surface area (Å²) in [5.41, 5.74) is 3.74. The van der Waals surface area contributed by atoms with E-state index >= 15 is 0 Å². The second-order valence-corrected chi connectivity index (χ2v) is 11.5. The van der Waals surface area contributed by atoms with Gasteiger partial charge >= 0.3 is 6.09 Å². The van der Waals surface area contributed by atoms with Crippen molar-refractivity contribution in [1.82, 2.24) is 14.8 Å². The molecule has 8 heteroatoms. The minimum Gasteiger partial charge on any atom is -0.443 e. The first-order valence-corrected chi connectivity index (χ1v) is 13.3. The standard InChI is InChI=1S/C29H34ClN3O4/c1-29(2,3)37-28(36)33-24-7-4-19(17-32-11-8-18(9-12-32)10-13-34)14-20(24)15-25(33)21-5-6-23(30)22-16-31-27(35)26(21)22/h4-7,14-15,18,34H,8-13,16-17H2,1-3H3,(H,31,35). The van der Waals surface area contributed by atoms with E-state index in [1.165, 1.54) is 5.56 Å². The summed E-state index contributed by atoms with van der Waals surface area (Å²) in [4.78, 5) is 28.7. The number of rotatable bonds is 5. The number of likely N-dealkylation sites (tertiary alicyclic amines) is 1.